The van der Waals surface area contributed by atoms with Crippen molar-refractivity contribution in [3.05, 3.63) is 59.3 Å². The first-order chi connectivity index (χ1) is 11.4. The average molecular weight is 402 g/mol. The first kappa shape index (κ1) is 17.0. The molecule has 0 aliphatic carbocycles. The summed E-state index contributed by atoms with van der Waals surface area (Å²) < 4.78 is 58.4. The van der Waals surface area contributed by atoms with Crippen molar-refractivity contribution in [2.24, 2.45) is 0 Å². The van der Waals surface area contributed by atoms with Crippen LogP contribution in [0.3, 0.4) is 0 Å². The summed E-state index contributed by atoms with van der Waals surface area (Å²) >= 11 is 2.05. The number of hydrogen-bond donors (Lipinski definition) is 0. The molecule has 2 aromatic heterocycles. The minimum atomic E-state index is -3.96. The quantitative estimate of drug-likeness (QED) is 0.588. The van der Waals surface area contributed by atoms with Crippen LogP contribution in [0.15, 0.2) is 67.7 Å². The van der Waals surface area contributed by atoms with E-state index in [1.807, 2.05) is 0 Å². The van der Waals surface area contributed by atoms with Gasteiger partial charge in [-0.2, -0.15) is 16.8 Å². The fourth-order valence-electron chi connectivity index (χ4n) is 1.72. The molecule has 6 nitrogen and oxygen atoms in total. The lowest BCUT2D eigenvalue weighted by molar-refractivity contribution is 0.478. The third-order valence-corrected chi connectivity index (χ3v) is 7.91. The lowest BCUT2D eigenvalue weighted by Gasteiger charge is -2.08. The van der Waals surface area contributed by atoms with Crippen molar-refractivity contribution in [2.75, 3.05) is 0 Å². The number of benzene rings is 1. The van der Waals surface area contributed by atoms with Crippen LogP contribution in [0.5, 0.6) is 11.5 Å². The molecule has 0 atom stereocenters. The maximum absolute atomic E-state index is 12.1. The van der Waals surface area contributed by atoms with Gasteiger partial charge in [0.25, 0.3) is 0 Å². The van der Waals surface area contributed by atoms with Crippen molar-refractivity contribution in [1.82, 2.24) is 0 Å². The zero-order valence-electron chi connectivity index (χ0n) is 11.9. The monoisotopic (exact) mass is 402 g/mol. The summed E-state index contributed by atoms with van der Waals surface area (Å²) in [5, 5.41) is 3.23. The van der Waals surface area contributed by atoms with Crippen LogP contribution in [0, 0.1) is 0 Å². The molecule has 126 valence electrons. The highest BCUT2D eigenvalue weighted by Crippen LogP contribution is 2.27. The maximum atomic E-state index is 12.1. The Bertz CT molecular complexity index is 937. The van der Waals surface area contributed by atoms with Crippen LogP contribution in [0.4, 0.5) is 0 Å². The summed E-state index contributed by atoms with van der Waals surface area (Å²) in [6, 6.07) is 11.5. The SMILES string of the molecule is O=S(=O)(Oc1cccc(OS(=O)(=O)c2cccs2)c1)c1cccs1. The van der Waals surface area contributed by atoms with Crippen LogP contribution >= 0.6 is 22.7 Å². The van der Waals surface area contributed by atoms with Crippen molar-refractivity contribution in [2.45, 2.75) is 8.42 Å². The zero-order chi connectivity index (χ0) is 17.2. The predicted octanol–water partition coefficient (Wildman–Crippen LogP) is 3.35. The molecule has 1 aromatic carbocycles. The second-order valence-corrected chi connectivity index (χ2v) is 9.86. The van der Waals surface area contributed by atoms with Crippen molar-refractivity contribution in [1.29, 1.82) is 0 Å². The fraction of sp³-hybridized carbons (Fsp3) is 0. The van der Waals surface area contributed by atoms with E-state index >= 15 is 0 Å². The Morgan fingerprint density at radius 3 is 1.50 bits per heavy atom. The van der Waals surface area contributed by atoms with E-state index in [1.54, 1.807) is 22.9 Å². The molecule has 0 spiro atoms. The summed E-state index contributed by atoms with van der Waals surface area (Å²) in [6.07, 6.45) is 0. The maximum Gasteiger partial charge on any atom is 0.348 e. The molecule has 0 N–H and O–H groups in total. The van der Waals surface area contributed by atoms with Gasteiger partial charge in [-0.25, -0.2) is 0 Å². The van der Waals surface area contributed by atoms with Gasteiger partial charge in [0.1, 0.15) is 11.5 Å². The Hall–Kier alpha value is -1.88. The van der Waals surface area contributed by atoms with E-state index in [0.29, 0.717) is 0 Å². The molecule has 24 heavy (non-hydrogen) atoms. The van der Waals surface area contributed by atoms with Crippen LogP contribution in [-0.4, -0.2) is 16.8 Å². The van der Waals surface area contributed by atoms with E-state index in [0.717, 1.165) is 22.7 Å². The summed E-state index contributed by atoms with van der Waals surface area (Å²) in [5.41, 5.74) is 0. The second kappa shape index (κ2) is 6.55. The Balaban J connectivity index is 1.83. The molecule has 0 aliphatic rings. The summed E-state index contributed by atoms with van der Waals surface area (Å²) in [6.45, 7) is 0. The summed E-state index contributed by atoms with van der Waals surface area (Å²) in [4.78, 5) is 0. The summed E-state index contributed by atoms with van der Waals surface area (Å²) in [7, 11) is -7.92. The Kier molecular flexibility index (Phi) is 4.63. The molecule has 0 bridgehead atoms. The van der Waals surface area contributed by atoms with Crippen LogP contribution in [0.1, 0.15) is 0 Å². The number of thiophene rings is 2. The number of hydrogen-bond acceptors (Lipinski definition) is 8. The highest BCUT2D eigenvalue weighted by molar-refractivity contribution is 7.89. The van der Waals surface area contributed by atoms with E-state index in [-0.39, 0.29) is 19.9 Å². The van der Waals surface area contributed by atoms with Crippen molar-refractivity contribution >= 4 is 42.9 Å². The van der Waals surface area contributed by atoms with Gasteiger partial charge in [-0.15, -0.1) is 22.7 Å². The van der Waals surface area contributed by atoms with Gasteiger partial charge in [0, 0.05) is 6.07 Å². The third kappa shape index (κ3) is 3.78. The van der Waals surface area contributed by atoms with Crippen LogP contribution in [0.25, 0.3) is 0 Å². The highest BCUT2D eigenvalue weighted by atomic mass is 32.3. The van der Waals surface area contributed by atoms with Gasteiger partial charge in [0.05, 0.1) is 0 Å². The van der Waals surface area contributed by atoms with E-state index in [2.05, 4.69) is 0 Å². The zero-order valence-corrected chi connectivity index (χ0v) is 15.1. The smallest absolute Gasteiger partial charge is 0.348 e. The molecule has 0 amide bonds. The molecule has 0 saturated carbocycles. The topological polar surface area (TPSA) is 86.7 Å². The molecular weight excluding hydrogens is 392 g/mol. The molecule has 3 aromatic rings. The van der Waals surface area contributed by atoms with Gasteiger partial charge >= 0.3 is 20.2 Å². The van der Waals surface area contributed by atoms with Gasteiger partial charge in [0.2, 0.25) is 0 Å². The average Bonchev–Trinajstić information content (AvgIpc) is 3.21. The van der Waals surface area contributed by atoms with Gasteiger partial charge in [-0.1, -0.05) is 18.2 Å². The first-order valence-corrected chi connectivity index (χ1v) is 11.0. The van der Waals surface area contributed by atoms with Gasteiger partial charge < -0.3 is 8.37 Å². The Labute approximate surface area is 147 Å². The van der Waals surface area contributed by atoms with Crippen LogP contribution in [-0.2, 0) is 20.2 Å². The van der Waals surface area contributed by atoms with E-state index in [1.165, 1.54) is 36.4 Å². The molecular formula is C14H10O6S4. The van der Waals surface area contributed by atoms with Crippen LogP contribution < -0.4 is 8.37 Å². The fourth-order valence-corrected chi connectivity index (χ4v) is 5.47. The molecule has 0 radical (unpaired) electrons. The first-order valence-electron chi connectivity index (χ1n) is 6.43. The molecule has 0 unspecified atom stereocenters. The highest BCUT2D eigenvalue weighted by Gasteiger charge is 2.20. The van der Waals surface area contributed by atoms with Crippen molar-refractivity contribution in [3.63, 3.8) is 0 Å². The molecule has 10 heteroatoms. The standard InChI is InChI=1S/C14H10O6S4/c15-23(16,13-6-2-8-21-13)19-11-4-1-5-12(10-11)20-24(17,18)14-7-3-9-22-14/h1-10H. The van der Waals surface area contributed by atoms with Gasteiger partial charge in [-0.3, -0.25) is 0 Å². The number of rotatable bonds is 6. The Morgan fingerprint density at radius 1 is 0.667 bits per heavy atom. The van der Waals surface area contributed by atoms with Crippen molar-refractivity contribution < 1.29 is 25.2 Å². The lowest BCUT2D eigenvalue weighted by atomic mass is 10.3. The summed E-state index contributed by atoms with van der Waals surface area (Å²) in [5.74, 6) is -0.0791. The normalized spacial score (nSPS) is 12.0. The largest absolute Gasteiger partial charge is 0.378 e. The minimum Gasteiger partial charge on any atom is -0.378 e. The van der Waals surface area contributed by atoms with E-state index in [9.17, 15) is 16.8 Å². The van der Waals surface area contributed by atoms with Crippen LogP contribution in [0.2, 0.25) is 0 Å². The second-order valence-electron chi connectivity index (χ2n) is 4.41. The minimum absolute atomic E-state index is 0.0396. The lowest BCUT2D eigenvalue weighted by Crippen LogP contribution is -2.09. The van der Waals surface area contributed by atoms with E-state index < -0.39 is 20.2 Å². The molecule has 0 fully saturated rings. The predicted molar refractivity (Wildman–Crippen MR) is 90.7 cm³/mol. The molecule has 0 saturated heterocycles. The van der Waals surface area contributed by atoms with Gasteiger partial charge in [-0.05, 0) is 35.0 Å². The van der Waals surface area contributed by atoms with Crippen molar-refractivity contribution in [3.8, 4) is 11.5 Å². The molecule has 2 heterocycles. The molecule has 0 aliphatic heterocycles. The van der Waals surface area contributed by atoms with Gasteiger partial charge in [0.15, 0.2) is 8.42 Å². The molecule has 3 rings (SSSR count). The Morgan fingerprint density at radius 2 is 1.12 bits per heavy atom. The van der Waals surface area contributed by atoms with E-state index in [4.69, 9.17) is 8.37 Å². The third-order valence-electron chi connectivity index (χ3n) is 2.70.